The van der Waals surface area contributed by atoms with Crippen LogP contribution in [0.15, 0.2) is 36.4 Å². The van der Waals surface area contributed by atoms with E-state index in [-0.39, 0.29) is 23.8 Å². The molecule has 0 fully saturated rings. The molecule has 0 aliphatic carbocycles. The summed E-state index contributed by atoms with van der Waals surface area (Å²) >= 11 is 0. The van der Waals surface area contributed by atoms with Gasteiger partial charge in [-0.25, -0.2) is 8.78 Å². The van der Waals surface area contributed by atoms with Crippen molar-refractivity contribution < 1.29 is 13.6 Å². The van der Waals surface area contributed by atoms with E-state index in [0.29, 0.717) is 16.7 Å². The van der Waals surface area contributed by atoms with Gasteiger partial charge in [0, 0.05) is 12.1 Å². The Balaban J connectivity index is 2.08. The molecule has 1 amide bonds. The van der Waals surface area contributed by atoms with Crippen LogP contribution >= 0.6 is 0 Å². The number of hydrogen-bond donors (Lipinski definition) is 1. The average molecular weight is 275 g/mol. The minimum absolute atomic E-state index is 0.200. The highest BCUT2D eigenvalue weighted by Crippen LogP contribution is 2.12. The van der Waals surface area contributed by atoms with Crippen molar-refractivity contribution in [2.45, 2.75) is 20.4 Å². The van der Waals surface area contributed by atoms with Gasteiger partial charge in [0.2, 0.25) is 0 Å². The van der Waals surface area contributed by atoms with Gasteiger partial charge in [-0.2, -0.15) is 0 Å². The summed E-state index contributed by atoms with van der Waals surface area (Å²) in [6.07, 6.45) is 0. The lowest BCUT2D eigenvalue weighted by Crippen LogP contribution is -2.23. The fourth-order valence-corrected chi connectivity index (χ4v) is 1.86. The van der Waals surface area contributed by atoms with Crippen LogP contribution in [0.4, 0.5) is 8.78 Å². The fraction of sp³-hybridized carbons (Fsp3) is 0.188. The summed E-state index contributed by atoms with van der Waals surface area (Å²) in [6.45, 7) is 3.61. The zero-order chi connectivity index (χ0) is 14.7. The summed E-state index contributed by atoms with van der Waals surface area (Å²) < 4.78 is 26.5. The normalized spacial score (nSPS) is 10.4. The Bertz CT molecular complexity index is 653. The van der Waals surface area contributed by atoms with Crippen LogP contribution in [0, 0.1) is 25.5 Å². The molecule has 0 heterocycles. The molecule has 0 saturated heterocycles. The quantitative estimate of drug-likeness (QED) is 0.912. The van der Waals surface area contributed by atoms with Gasteiger partial charge in [-0.15, -0.1) is 0 Å². The van der Waals surface area contributed by atoms with E-state index in [9.17, 15) is 13.6 Å². The van der Waals surface area contributed by atoms with Crippen LogP contribution in [0.3, 0.4) is 0 Å². The van der Waals surface area contributed by atoms with Gasteiger partial charge in [0.15, 0.2) is 0 Å². The first-order valence-electron chi connectivity index (χ1n) is 6.27. The summed E-state index contributed by atoms with van der Waals surface area (Å²) in [5, 5.41) is 2.66. The number of carbonyl (C=O) groups is 1. The van der Waals surface area contributed by atoms with E-state index in [1.54, 1.807) is 32.0 Å². The Hall–Kier alpha value is -2.23. The van der Waals surface area contributed by atoms with Crippen molar-refractivity contribution in [2.75, 3.05) is 0 Å². The number of amides is 1. The van der Waals surface area contributed by atoms with E-state index >= 15 is 0 Å². The molecule has 2 aromatic carbocycles. The molecule has 0 radical (unpaired) electrons. The Kier molecular flexibility index (Phi) is 4.13. The Morgan fingerprint density at radius 1 is 1.05 bits per heavy atom. The zero-order valence-electron chi connectivity index (χ0n) is 11.3. The second kappa shape index (κ2) is 5.82. The Morgan fingerprint density at radius 2 is 1.75 bits per heavy atom. The average Bonchev–Trinajstić information content (AvgIpc) is 2.42. The smallest absolute Gasteiger partial charge is 0.251 e. The van der Waals surface area contributed by atoms with Crippen molar-refractivity contribution in [1.29, 1.82) is 0 Å². The minimum Gasteiger partial charge on any atom is -0.348 e. The summed E-state index contributed by atoms with van der Waals surface area (Å²) in [5.41, 5.74) is 2.20. The predicted molar refractivity (Wildman–Crippen MR) is 73.4 cm³/mol. The van der Waals surface area contributed by atoms with E-state index in [2.05, 4.69) is 5.32 Å². The first-order valence-corrected chi connectivity index (χ1v) is 6.27. The van der Waals surface area contributed by atoms with Crippen molar-refractivity contribution in [3.8, 4) is 0 Å². The highest BCUT2D eigenvalue weighted by Gasteiger charge is 2.10. The van der Waals surface area contributed by atoms with Crippen LogP contribution in [-0.4, -0.2) is 5.91 Å². The number of hydrogen-bond acceptors (Lipinski definition) is 1. The number of benzene rings is 2. The van der Waals surface area contributed by atoms with Gasteiger partial charge in [0.1, 0.15) is 11.6 Å². The SMILES string of the molecule is Cc1ccc(CNC(=O)c2cc(F)ccc2C)cc1F. The third-order valence-electron chi connectivity index (χ3n) is 3.13. The first-order chi connectivity index (χ1) is 9.47. The van der Waals surface area contributed by atoms with Gasteiger partial charge in [-0.1, -0.05) is 18.2 Å². The maximum Gasteiger partial charge on any atom is 0.251 e. The van der Waals surface area contributed by atoms with Crippen molar-refractivity contribution in [3.63, 3.8) is 0 Å². The Labute approximate surface area is 116 Å². The molecule has 0 aliphatic heterocycles. The van der Waals surface area contributed by atoms with Crippen molar-refractivity contribution >= 4 is 5.91 Å². The molecule has 2 nitrogen and oxygen atoms in total. The third-order valence-corrected chi connectivity index (χ3v) is 3.13. The highest BCUT2D eigenvalue weighted by atomic mass is 19.1. The summed E-state index contributed by atoms with van der Waals surface area (Å²) in [6, 6.07) is 8.84. The summed E-state index contributed by atoms with van der Waals surface area (Å²) in [7, 11) is 0. The standard InChI is InChI=1S/C16H15F2NO/c1-10-4-6-13(17)8-14(10)16(20)19-9-12-5-3-11(2)15(18)7-12/h3-8H,9H2,1-2H3,(H,19,20). The Morgan fingerprint density at radius 3 is 2.45 bits per heavy atom. The van der Waals surface area contributed by atoms with Gasteiger partial charge in [0.25, 0.3) is 5.91 Å². The molecule has 4 heteroatoms. The molecule has 0 atom stereocenters. The number of halogens is 2. The predicted octanol–water partition coefficient (Wildman–Crippen LogP) is 3.51. The van der Waals surface area contributed by atoms with Crippen molar-refractivity contribution in [2.24, 2.45) is 0 Å². The molecule has 20 heavy (non-hydrogen) atoms. The maximum absolute atomic E-state index is 13.4. The van der Waals surface area contributed by atoms with Crippen LogP contribution < -0.4 is 5.32 Å². The van der Waals surface area contributed by atoms with E-state index in [1.807, 2.05) is 0 Å². The monoisotopic (exact) mass is 275 g/mol. The van der Waals surface area contributed by atoms with Gasteiger partial charge in [-0.05, 0) is 48.7 Å². The first kappa shape index (κ1) is 14.2. The van der Waals surface area contributed by atoms with Crippen LogP contribution in [0.2, 0.25) is 0 Å². The summed E-state index contributed by atoms with van der Waals surface area (Å²) in [5.74, 6) is -1.14. The molecule has 104 valence electrons. The van der Waals surface area contributed by atoms with E-state index in [1.165, 1.54) is 18.2 Å². The number of carbonyl (C=O) groups excluding carboxylic acids is 1. The second-order valence-electron chi connectivity index (χ2n) is 4.73. The largest absolute Gasteiger partial charge is 0.348 e. The number of aryl methyl sites for hydroxylation is 2. The molecular formula is C16H15F2NO. The molecule has 2 rings (SSSR count). The maximum atomic E-state index is 13.4. The topological polar surface area (TPSA) is 29.1 Å². The van der Waals surface area contributed by atoms with E-state index in [0.717, 1.165) is 0 Å². The van der Waals surface area contributed by atoms with Crippen molar-refractivity contribution in [1.82, 2.24) is 5.32 Å². The van der Waals surface area contributed by atoms with E-state index < -0.39 is 5.82 Å². The molecule has 0 spiro atoms. The third kappa shape index (κ3) is 3.20. The van der Waals surface area contributed by atoms with Crippen LogP contribution in [-0.2, 0) is 6.54 Å². The fourth-order valence-electron chi connectivity index (χ4n) is 1.86. The molecule has 0 saturated carbocycles. The molecule has 2 aromatic rings. The van der Waals surface area contributed by atoms with Crippen LogP contribution in [0.1, 0.15) is 27.0 Å². The van der Waals surface area contributed by atoms with Gasteiger partial charge in [0.05, 0.1) is 0 Å². The lowest BCUT2D eigenvalue weighted by atomic mass is 10.1. The number of nitrogens with one attached hydrogen (secondary N) is 1. The lowest BCUT2D eigenvalue weighted by Gasteiger charge is -2.08. The van der Waals surface area contributed by atoms with Gasteiger partial charge >= 0.3 is 0 Å². The molecular weight excluding hydrogens is 260 g/mol. The highest BCUT2D eigenvalue weighted by molar-refractivity contribution is 5.95. The lowest BCUT2D eigenvalue weighted by molar-refractivity contribution is 0.0950. The van der Waals surface area contributed by atoms with Gasteiger partial charge < -0.3 is 5.32 Å². The number of rotatable bonds is 3. The molecule has 1 N–H and O–H groups in total. The molecule has 0 bridgehead atoms. The van der Waals surface area contributed by atoms with E-state index in [4.69, 9.17) is 0 Å². The molecule has 0 aromatic heterocycles. The zero-order valence-corrected chi connectivity index (χ0v) is 11.3. The minimum atomic E-state index is -0.456. The molecule has 0 unspecified atom stereocenters. The summed E-state index contributed by atoms with van der Waals surface area (Å²) in [4.78, 5) is 12.0. The second-order valence-corrected chi connectivity index (χ2v) is 4.73. The van der Waals surface area contributed by atoms with Crippen LogP contribution in [0.25, 0.3) is 0 Å². The molecule has 0 aliphatic rings. The van der Waals surface area contributed by atoms with Crippen LogP contribution in [0.5, 0.6) is 0 Å². The van der Waals surface area contributed by atoms with Crippen molar-refractivity contribution in [3.05, 3.63) is 70.3 Å². The van der Waals surface area contributed by atoms with Gasteiger partial charge in [-0.3, -0.25) is 4.79 Å².